The van der Waals surface area contributed by atoms with Crippen molar-refractivity contribution in [1.82, 2.24) is 10.4 Å². The van der Waals surface area contributed by atoms with Gasteiger partial charge in [-0.1, -0.05) is 28.9 Å². The van der Waals surface area contributed by atoms with Crippen LogP contribution in [0.1, 0.15) is 13.3 Å². The Labute approximate surface area is 159 Å². The minimum absolute atomic E-state index is 0.0585. The largest absolute Gasteiger partial charge is 0.394 e. The molecule has 1 heterocycles. The predicted octanol–water partition coefficient (Wildman–Crippen LogP) is 1.79. The SMILES string of the molecule is CCC1=CC(C(=O)NOCCO)C(Nc2ccc(Br)cc2F)N(C)C1=O. The molecule has 0 spiro atoms. The highest BCUT2D eigenvalue weighted by Gasteiger charge is 2.38. The Morgan fingerprint density at radius 3 is 2.81 bits per heavy atom. The van der Waals surface area contributed by atoms with Gasteiger partial charge in [-0.05, 0) is 24.6 Å². The van der Waals surface area contributed by atoms with Gasteiger partial charge in [-0.25, -0.2) is 9.87 Å². The van der Waals surface area contributed by atoms with Crippen molar-refractivity contribution < 1.29 is 23.9 Å². The number of anilines is 1. The average molecular weight is 430 g/mol. The lowest BCUT2D eigenvalue weighted by Gasteiger charge is -2.38. The Kier molecular flexibility index (Phi) is 7.13. The predicted molar refractivity (Wildman–Crippen MR) is 97.3 cm³/mol. The number of likely N-dealkylation sites (N-methyl/N-ethyl adjacent to an activating group) is 1. The van der Waals surface area contributed by atoms with E-state index in [0.29, 0.717) is 16.5 Å². The summed E-state index contributed by atoms with van der Waals surface area (Å²) in [4.78, 5) is 31.2. The van der Waals surface area contributed by atoms with Crippen molar-refractivity contribution in [3.8, 4) is 0 Å². The number of carbonyl (C=O) groups excluding carboxylic acids is 2. The Hall–Kier alpha value is -1.97. The molecule has 0 fully saturated rings. The summed E-state index contributed by atoms with van der Waals surface area (Å²) in [5.41, 5.74) is 2.91. The lowest BCUT2D eigenvalue weighted by Crippen LogP contribution is -2.54. The summed E-state index contributed by atoms with van der Waals surface area (Å²) >= 11 is 3.19. The fourth-order valence-electron chi connectivity index (χ4n) is 2.65. The number of carbonyl (C=O) groups is 2. The fourth-order valence-corrected chi connectivity index (χ4v) is 2.98. The molecule has 2 rings (SSSR count). The Balaban J connectivity index is 2.30. The van der Waals surface area contributed by atoms with E-state index in [4.69, 9.17) is 9.94 Å². The van der Waals surface area contributed by atoms with Crippen LogP contribution in [-0.4, -0.2) is 48.2 Å². The van der Waals surface area contributed by atoms with Crippen LogP contribution in [0.3, 0.4) is 0 Å². The summed E-state index contributed by atoms with van der Waals surface area (Å²) in [6.45, 7) is 1.51. The van der Waals surface area contributed by atoms with Crippen LogP contribution in [-0.2, 0) is 14.4 Å². The van der Waals surface area contributed by atoms with Crippen molar-refractivity contribution in [2.45, 2.75) is 19.5 Å². The number of hydrogen-bond donors (Lipinski definition) is 3. The maximum absolute atomic E-state index is 14.2. The molecule has 0 aliphatic carbocycles. The van der Waals surface area contributed by atoms with E-state index >= 15 is 0 Å². The van der Waals surface area contributed by atoms with Gasteiger partial charge in [0.25, 0.3) is 11.8 Å². The highest BCUT2D eigenvalue weighted by molar-refractivity contribution is 9.10. The molecular weight excluding hydrogens is 409 g/mol. The molecule has 2 amide bonds. The first-order valence-corrected chi connectivity index (χ1v) is 8.90. The molecule has 1 aromatic carbocycles. The third-order valence-electron chi connectivity index (χ3n) is 4.02. The number of amides is 2. The van der Waals surface area contributed by atoms with E-state index in [9.17, 15) is 14.0 Å². The van der Waals surface area contributed by atoms with Crippen LogP contribution >= 0.6 is 15.9 Å². The maximum Gasteiger partial charge on any atom is 0.254 e. The van der Waals surface area contributed by atoms with Gasteiger partial charge < -0.3 is 15.3 Å². The standard InChI is InChI=1S/C17H21BrFN3O4/c1-3-10-8-12(16(24)21-26-7-6-23)15(22(2)17(10)25)20-14-5-4-11(18)9-13(14)19/h4-5,8-9,12,15,20,23H,3,6-7H2,1-2H3,(H,21,24). The summed E-state index contributed by atoms with van der Waals surface area (Å²) in [7, 11) is 1.55. The van der Waals surface area contributed by atoms with Crippen LogP contribution in [0, 0.1) is 11.7 Å². The average Bonchev–Trinajstić information content (AvgIpc) is 2.61. The summed E-state index contributed by atoms with van der Waals surface area (Å²) in [5.74, 6) is -2.04. The van der Waals surface area contributed by atoms with E-state index in [1.807, 2.05) is 6.92 Å². The molecule has 0 bridgehead atoms. The van der Waals surface area contributed by atoms with Gasteiger partial charge in [-0.15, -0.1) is 0 Å². The van der Waals surface area contributed by atoms with Crippen LogP contribution in [0.4, 0.5) is 10.1 Å². The van der Waals surface area contributed by atoms with E-state index in [1.165, 1.54) is 17.0 Å². The van der Waals surface area contributed by atoms with Gasteiger partial charge in [-0.3, -0.25) is 14.4 Å². The first-order valence-electron chi connectivity index (χ1n) is 8.11. The van der Waals surface area contributed by atoms with Crippen molar-refractivity contribution in [2.24, 2.45) is 5.92 Å². The lowest BCUT2D eigenvalue weighted by molar-refractivity contribution is -0.141. The highest BCUT2D eigenvalue weighted by Crippen LogP contribution is 2.27. The van der Waals surface area contributed by atoms with Gasteiger partial charge in [0, 0.05) is 17.1 Å². The summed E-state index contributed by atoms with van der Waals surface area (Å²) < 4.78 is 14.8. The number of halogens is 2. The third-order valence-corrected chi connectivity index (χ3v) is 4.51. The second-order valence-corrected chi connectivity index (χ2v) is 6.65. The molecule has 7 nitrogen and oxygen atoms in total. The third kappa shape index (κ3) is 4.60. The summed E-state index contributed by atoms with van der Waals surface area (Å²) in [6, 6.07) is 4.47. The molecule has 0 saturated carbocycles. The Bertz CT molecular complexity index is 713. The van der Waals surface area contributed by atoms with Gasteiger partial charge in [0.2, 0.25) is 0 Å². The number of nitrogens with zero attached hydrogens (tertiary/aromatic N) is 1. The van der Waals surface area contributed by atoms with Gasteiger partial charge in [0.05, 0.1) is 24.8 Å². The number of aliphatic hydroxyl groups is 1. The number of rotatable bonds is 7. The van der Waals surface area contributed by atoms with Gasteiger partial charge in [0.1, 0.15) is 12.0 Å². The molecule has 142 valence electrons. The number of hydroxylamine groups is 1. The Morgan fingerprint density at radius 1 is 1.46 bits per heavy atom. The zero-order chi connectivity index (χ0) is 19.3. The van der Waals surface area contributed by atoms with E-state index < -0.39 is 23.8 Å². The van der Waals surface area contributed by atoms with Crippen LogP contribution in [0.25, 0.3) is 0 Å². The van der Waals surface area contributed by atoms with Gasteiger partial charge in [-0.2, -0.15) is 0 Å². The molecule has 0 saturated heterocycles. The minimum Gasteiger partial charge on any atom is -0.394 e. The van der Waals surface area contributed by atoms with Crippen LogP contribution in [0.2, 0.25) is 0 Å². The van der Waals surface area contributed by atoms with Gasteiger partial charge >= 0.3 is 0 Å². The second-order valence-electron chi connectivity index (χ2n) is 5.74. The quantitative estimate of drug-likeness (QED) is 0.454. The zero-order valence-corrected chi connectivity index (χ0v) is 16.0. The normalized spacial score (nSPS) is 20.0. The van der Waals surface area contributed by atoms with Crippen molar-refractivity contribution in [2.75, 3.05) is 25.6 Å². The van der Waals surface area contributed by atoms with Crippen LogP contribution < -0.4 is 10.8 Å². The minimum atomic E-state index is -0.800. The summed E-state index contributed by atoms with van der Waals surface area (Å²) in [5, 5.41) is 11.7. The maximum atomic E-state index is 14.2. The van der Waals surface area contributed by atoms with Crippen molar-refractivity contribution in [3.63, 3.8) is 0 Å². The fraction of sp³-hybridized carbons (Fsp3) is 0.412. The van der Waals surface area contributed by atoms with Crippen molar-refractivity contribution in [1.29, 1.82) is 0 Å². The molecule has 2 unspecified atom stereocenters. The second kappa shape index (κ2) is 9.11. The molecule has 1 aliphatic heterocycles. The summed E-state index contributed by atoms with van der Waals surface area (Å²) in [6.07, 6.45) is 1.23. The van der Waals surface area contributed by atoms with E-state index in [-0.39, 0.29) is 24.8 Å². The van der Waals surface area contributed by atoms with E-state index in [1.54, 1.807) is 19.2 Å². The Morgan fingerprint density at radius 2 is 2.19 bits per heavy atom. The lowest BCUT2D eigenvalue weighted by atomic mass is 9.93. The molecule has 0 radical (unpaired) electrons. The molecule has 26 heavy (non-hydrogen) atoms. The van der Waals surface area contributed by atoms with E-state index in [2.05, 4.69) is 26.7 Å². The molecule has 1 aromatic rings. The highest BCUT2D eigenvalue weighted by atomic mass is 79.9. The van der Waals surface area contributed by atoms with Crippen LogP contribution in [0.5, 0.6) is 0 Å². The molecule has 2 atom stereocenters. The number of aliphatic hydroxyl groups excluding tert-OH is 1. The molecule has 9 heteroatoms. The monoisotopic (exact) mass is 429 g/mol. The smallest absolute Gasteiger partial charge is 0.254 e. The van der Waals surface area contributed by atoms with Gasteiger partial charge in [0.15, 0.2) is 0 Å². The number of nitrogens with one attached hydrogen (secondary N) is 2. The molecule has 1 aliphatic rings. The van der Waals surface area contributed by atoms with Crippen molar-refractivity contribution in [3.05, 3.63) is 40.1 Å². The molecule has 3 N–H and O–H groups in total. The zero-order valence-electron chi connectivity index (χ0n) is 14.5. The number of benzene rings is 1. The van der Waals surface area contributed by atoms with Crippen LogP contribution in [0.15, 0.2) is 34.3 Å². The van der Waals surface area contributed by atoms with Crippen molar-refractivity contribution >= 4 is 33.4 Å². The first-order chi connectivity index (χ1) is 12.4. The molecular formula is C17H21BrFN3O4. The first kappa shape index (κ1) is 20.3. The molecule has 0 aromatic heterocycles. The van der Waals surface area contributed by atoms with E-state index in [0.717, 1.165) is 0 Å². The topological polar surface area (TPSA) is 90.9 Å². The number of hydrogen-bond acceptors (Lipinski definition) is 5.